The first-order chi connectivity index (χ1) is 8.51. The van der Waals surface area contributed by atoms with E-state index in [4.69, 9.17) is 5.11 Å². The molecule has 100 valence electrons. The maximum absolute atomic E-state index is 11.6. The molecule has 0 bridgehead atoms. The lowest BCUT2D eigenvalue weighted by molar-refractivity contribution is -0.133. The normalized spacial score (nSPS) is 12.1. The molecule has 6 nitrogen and oxygen atoms in total. The Bertz CT molecular complexity index is 422. The quantitative estimate of drug-likeness (QED) is 0.590. The third-order valence-electron chi connectivity index (χ3n) is 2.20. The van der Waals surface area contributed by atoms with Crippen molar-refractivity contribution < 1.29 is 14.7 Å². The van der Waals surface area contributed by atoms with Crippen LogP contribution in [0.4, 0.5) is 5.13 Å². The highest BCUT2D eigenvalue weighted by atomic mass is 32.2. The molecule has 0 saturated heterocycles. The molecule has 1 heterocycles. The van der Waals surface area contributed by atoms with Gasteiger partial charge in [-0.1, -0.05) is 43.4 Å². The Labute approximate surface area is 113 Å². The summed E-state index contributed by atoms with van der Waals surface area (Å²) in [5, 5.41) is 19.2. The van der Waals surface area contributed by atoms with Crippen molar-refractivity contribution in [1.29, 1.82) is 0 Å². The predicted molar refractivity (Wildman–Crippen MR) is 71.0 cm³/mol. The SMILES string of the molecule is CCC(C)CC(=O)Nc1nnc(SCC(=O)O)s1. The van der Waals surface area contributed by atoms with Gasteiger partial charge in [0.15, 0.2) is 4.34 Å². The van der Waals surface area contributed by atoms with Crippen molar-refractivity contribution in [2.24, 2.45) is 5.92 Å². The summed E-state index contributed by atoms with van der Waals surface area (Å²) in [4.78, 5) is 22.0. The average molecular weight is 289 g/mol. The number of nitrogens with zero attached hydrogens (tertiary/aromatic N) is 2. The molecule has 0 aromatic carbocycles. The number of aromatic nitrogens is 2. The van der Waals surface area contributed by atoms with E-state index in [2.05, 4.69) is 15.5 Å². The molecule has 0 aliphatic rings. The molecule has 1 atom stereocenters. The molecule has 0 aliphatic heterocycles. The van der Waals surface area contributed by atoms with Crippen LogP contribution in [0.3, 0.4) is 0 Å². The third-order valence-corrected chi connectivity index (χ3v) is 4.16. The van der Waals surface area contributed by atoms with Gasteiger partial charge in [0.2, 0.25) is 11.0 Å². The molecule has 1 aromatic rings. The van der Waals surface area contributed by atoms with Gasteiger partial charge in [-0.15, -0.1) is 10.2 Å². The first-order valence-electron chi connectivity index (χ1n) is 5.49. The molecule has 0 saturated carbocycles. The lowest BCUT2D eigenvalue weighted by Gasteiger charge is -2.06. The van der Waals surface area contributed by atoms with E-state index in [1.807, 2.05) is 13.8 Å². The van der Waals surface area contributed by atoms with Crippen molar-refractivity contribution in [3.63, 3.8) is 0 Å². The van der Waals surface area contributed by atoms with Crippen LogP contribution in [0.25, 0.3) is 0 Å². The van der Waals surface area contributed by atoms with Gasteiger partial charge >= 0.3 is 5.97 Å². The van der Waals surface area contributed by atoms with E-state index >= 15 is 0 Å². The van der Waals surface area contributed by atoms with Crippen LogP contribution in [0.2, 0.25) is 0 Å². The Hall–Kier alpha value is -1.15. The molecule has 1 unspecified atom stereocenters. The number of amides is 1. The smallest absolute Gasteiger partial charge is 0.313 e. The van der Waals surface area contributed by atoms with Crippen LogP contribution in [0.5, 0.6) is 0 Å². The topological polar surface area (TPSA) is 92.2 Å². The highest BCUT2D eigenvalue weighted by Gasteiger charge is 2.11. The minimum absolute atomic E-state index is 0.0601. The number of anilines is 1. The number of rotatable bonds is 7. The lowest BCUT2D eigenvalue weighted by Crippen LogP contribution is -2.14. The summed E-state index contributed by atoms with van der Waals surface area (Å²) in [6.07, 6.45) is 1.40. The minimum Gasteiger partial charge on any atom is -0.481 e. The summed E-state index contributed by atoms with van der Waals surface area (Å²) in [6, 6.07) is 0. The van der Waals surface area contributed by atoms with Gasteiger partial charge in [-0.3, -0.25) is 9.59 Å². The largest absolute Gasteiger partial charge is 0.481 e. The molecule has 0 radical (unpaired) electrons. The number of hydrogen-bond acceptors (Lipinski definition) is 6. The molecular formula is C10H15N3O3S2. The Morgan fingerprint density at radius 2 is 2.22 bits per heavy atom. The van der Waals surface area contributed by atoms with Crippen LogP contribution >= 0.6 is 23.1 Å². The van der Waals surface area contributed by atoms with Crippen LogP contribution in [-0.4, -0.2) is 32.9 Å². The summed E-state index contributed by atoms with van der Waals surface area (Å²) in [6.45, 7) is 4.04. The van der Waals surface area contributed by atoms with Crippen molar-refractivity contribution in [2.75, 3.05) is 11.1 Å². The second-order valence-electron chi connectivity index (χ2n) is 3.82. The van der Waals surface area contributed by atoms with Crippen molar-refractivity contribution in [2.45, 2.75) is 31.0 Å². The summed E-state index contributed by atoms with van der Waals surface area (Å²) in [7, 11) is 0. The zero-order valence-corrected chi connectivity index (χ0v) is 11.8. The van der Waals surface area contributed by atoms with Gasteiger partial charge in [0.05, 0.1) is 5.75 Å². The van der Waals surface area contributed by atoms with Crippen LogP contribution in [-0.2, 0) is 9.59 Å². The van der Waals surface area contributed by atoms with E-state index in [1.54, 1.807) is 0 Å². The van der Waals surface area contributed by atoms with Crippen molar-refractivity contribution >= 4 is 40.1 Å². The Kier molecular flexibility index (Phi) is 6.06. The fourth-order valence-electron chi connectivity index (χ4n) is 1.07. The van der Waals surface area contributed by atoms with Gasteiger partial charge in [0, 0.05) is 6.42 Å². The number of carboxylic acids is 1. The van der Waals surface area contributed by atoms with Crippen molar-refractivity contribution in [3.8, 4) is 0 Å². The first-order valence-corrected chi connectivity index (χ1v) is 7.29. The van der Waals surface area contributed by atoms with E-state index in [9.17, 15) is 9.59 Å². The van der Waals surface area contributed by atoms with Gasteiger partial charge in [-0.25, -0.2) is 0 Å². The number of nitrogens with one attached hydrogen (secondary N) is 1. The Morgan fingerprint density at radius 3 is 2.83 bits per heavy atom. The van der Waals surface area contributed by atoms with Crippen LogP contribution < -0.4 is 5.32 Å². The number of carboxylic acid groups (broad SMARTS) is 1. The summed E-state index contributed by atoms with van der Waals surface area (Å²) >= 11 is 2.27. The second kappa shape index (κ2) is 7.32. The standard InChI is InChI=1S/C10H15N3O3S2/c1-3-6(2)4-7(14)11-9-12-13-10(18-9)17-5-8(15)16/h6H,3-5H2,1-2H3,(H,15,16)(H,11,12,14). The fraction of sp³-hybridized carbons (Fsp3) is 0.600. The maximum Gasteiger partial charge on any atom is 0.313 e. The number of carbonyl (C=O) groups is 2. The molecule has 8 heteroatoms. The van der Waals surface area contributed by atoms with E-state index < -0.39 is 5.97 Å². The second-order valence-corrected chi connectivity index (χ2v) is 6.02. The minimum atomic E-state index is -0.905. The number of aliphatic carboxylic acids is 1. The molecule has 2 N–H and O–H groups in total. The molecule has 1 amide bonds. The van der Waals surface area contributed by atoms with Gasteiger partial charge in [-0.2, -0.15) is 0 Å². The van der Waals surface area contributed by atoms with E-state index in [1.165, 1.54) is 11.3 Å². The van der Waals surface area contributed by atoms with E-state index in [0.717, 1.165) is 18.2 Å². The molecule has 0 spiro atoms. The number of thioether (sulfide) groups is 1. The van der Waals surface area contributed by atoms with Crippen LogP contribution in [0, 0.1) is 5.92 Å². The Morgan fingerprint density at radius 1 is 1.50 bits per heavy atom. The molecular weight excluding hydrogens is 274 g/mol. The average Bonchev–Trinajstić information content (AvgIpc) is 2.73. The third kappa shape index (κ3) is 5.46. The van der Waals surface area contributed by atoms with Gasteiger partial charge < -0.3 is 10.4 Å². The first kappa shape index (κ1) is 14.9. The van der Waals surface area contributed by atoms with Crippen molar-refractivity contribution in [3.05, 3.63) is 0 Å². The summed E-state index contributed by atoms with van der Waals surface area (Å²) < 4.78 is 0.538. The van der Waals surface area contributed by atoms with Gasteiger partial charge in [-0.05, 0) is 5.92 Å². The van der Waals surface area contributed by atoms with E-state index in [0.29, 0.717) is 21.8 Å². The summed E-state index contributed by atoms with van der Waals surface area (Å²) in [5.74, 6) is -0.721. The number of hydrogen-bond donors (Lipinski definition) is 2. The van der Waals surface area contributed by atoms with Gasteiger partial charge in [0.1, 0.15) is 0 Å². The highest BCUT2D eigenvalue weighted by Crippen LogP contribution is 2.25. The monoisotopic (exact) mass is 289 g/mol. The van der Waals surface area contributed by atoms with Gasteiger partial charge in [0.25, 0.3) is 0 Å². The number of carbonyl (C=O) groups excluding carboxylic acids is 1. The van der Waals surface area contributed by atoms with Crippen LogP contribution in [0.1, 0.15) is 26.7 Å². The van der Waals surface area contributed by atoms with E-state index in [-0.39, 0.29) is 11.7 Å². The zero-order valence-electron chi connectivity index (χ0n) is 10.2. The highest BCUT2D eigenvalue weighted by molar-refractivity contribution is 8.01. The Balaban J connectivity index is 2.43. The molecule has 0 aliphatic carbocycles. The molecule has 18 heavy (non-hydrogen) atoms. The predicted octanol–water partition coefficient (Wildman–Crippen LogP) is 2.09. The van der Waals surface area contributed by atoms with Crippen molar-refractivity contribution in [1.82, 2.24) is 10.2 Å². The lowest BCUT2D eigenvalue weighted by atomic mass is 10.1. The zero-order chi connectivity index (χ0) is 13.5. The summed E-state index contributed by atoms with van der Waals surface area (Å²) in [5.41, 5.74) is 0. The van der Waals surface area contributed by atoms with Crippen LogP contribution in [0.15, 0.2) is 4.34 Å². The molecule has 1 aromatic heterocycles. The molecule has 1 rings (SSSR count). The fourth-order valence-corrected chi connectivity index (χ4v) is 2.56. The molecule has 0 fully saturated rings. The maximum atomic E-state index is 11.6.